The van der Waals surface area contributed by atoms with Crippen molar-refractivity contribution in [3.63, 3.8) is 0 Å². The van der Waals surface area contributed by atoms with Crippen LogP contribution >= 0.6 is 11.6 Å². The maximum atomic E-state index is 13.3. The van der Waals surface area contributed by atoms with Crippen molar-refractivity contribution in [2.24, 2.45) is 0 Å². The molecule has 1 aliphatic rings. The number of piperidine rings is 1. The molecule has 0 unspecified atom stereocenters. The molecule has 7 nitrogen and oxygen atoms in total. The highest BCUT2D eigenvalue weighted by atomic mass is 35.5. The van der Waals surface area contributed by atoms with E-state index in [1.165, 1.54) is 6.07 Å². The molecule has 0 saturated carbocycles. The van der Waals surface area contributed by atoms with Gasteiger partial charge < -0.3 is 19.9 Å². The standard InChI is InChI=1S/C25H29ClN4O3/c1-16(2)29-13-11-19(12-14-29)27-24(31)23-28-22-20(25(32)33)4-3-5-21(22)30(23)15-10-17-6-8-18(26)9-7-17/h3-9,16,19H,10-15H2,1-2H3,(H,27,31)(H,32,33). The first-order chi connectivity index (χ1) is 15.8. The summed E-state index contributed by atoms with van der Waals surface area (Å²) in [7, 11) is 0. The predicted molar refractivity (Wildman–Crippen MR) is 129 cm³/mol. The Bertz CT molecular complexity index is 1150. The lowest BCUT2D eigenvalue weighted by Crippen LogP contribution is -2.47. The molecule has 0 spiro atoms. The molecule has 1 saturated heterocycles. The number of likely N-dealkylation sites (tertiary alicyclic amines) is 1. The highest BCUT2D eigenvalue weighted by Crippen LogP contribution is 2.22. The molecule has 1 fully saturated rings. The summed E-state index contributed by atoms with van der Waals surface area (Å²) >= 11 is 6.00. The maximum absolute atomic E-state index is 13.3. The summed E-state index contributed by atoms with van der Waals surface area (Å²) in [6.45, 7) is 6.75. The zero-order chi connectivity index (χ0) is 23.5. The van der Waals surface area contributed by atoms with Gasteiger partial charge in [-0.2, -0.15) is 0 Å². The second-order valence-corrected chi connectivity index (χ2v) is 9.26. The Balaban J connectivity index is 1.60. The number of hydrogen-bond acceptors (Lipinski definition) is 4. The van der Waals surface area contributed by atoms with Crippen LogP contribution in [0.3, 0.4) is 0 Å². The van der Waals surface area contributed by atoms with Crippen LogP contribution in [0.15, 0.2) is 42.5 Å². The number of rotatable bonds is 7. The molecule has 2 N–H and O–H groups in total. The number of carboxylic acid groups (broad SMARTS) is 1. The van der Waals surface area contributed by atoms with Crippen LogP contribution < -0.4 is 5.32 Å². The number of aromatic nitrogens is 2. The van der Waals surface area contributed by atoms with Crippen LogP contribution in [0.4, 0.5) is 0 Å². The van der Waals surface area contributed by atoms with E-state index < -0.39 is 5.97 Å². The summed E-state index contributed by atoms with van der Waals surface area (Å²) in [5.41, 5.74) is 2.14. The Morgan fingerprint density at radius 1 is 1.15 bits per heavy atom. The Kier molecular flexibility index (Phi) is 7.00. The number of imidazole rings is 1. The van der Waals surface area contributed by atoms with E-state index in [2.05, 4.69) is 29.0 Å². The van der Waals surface area contributed by atoms with E-state index in [-0.39, 0.29) is 23.3 Å². The van der Waals surface area contributed by atoms with Crippen LogP contribution in [0.2, 0.25) is 5.02 Å². The van der Waals surface area contributed by atoms with Crippen LogP contribution in [0, 0.1) is 0 Å². The number of amides is 1. The number of carbonyl (C=O) groups is 2. The summed E-state index contributed by atoms with van der Waals surface area (Å²) in [4.78, 5) is 31.9. The minimum absolute atomic E-state index is 0.0796. The summed E-state index contributed by atoms with van der Waals surface area (Å²) in [6, 6.07) is 13.2. The molecule has 1 amide bonds. The van der Waals surface area contributed by atoms with Crippen molar-refractivity contribution < 1.29 is 14.7 Å². The van der Waals surface area contributed by atoms with Crippen molar-refractivity contribution >= 4 is 34.5 Å². The zero-order valence-corrected chi connectivity index (χ0v) is 19.7. The van der Waals surface area contributed by atoms with Crippen molar-refractivity contribution in [2.75, 3.05) is 13.1 Å². The molecular formula is C25H29ClN4O3. The minimum Gasteiger partial charge on any atom is -0.478 e. The largest absolute Gasteiger partial charge is 0.478 e. The van der Waals surface area contributed by atoms with Gasteiger partial charge in [-0.05, 0) is 62.9 Å². The molecule has 2 aromatic carbocycles. The first kappa shape index (κ1) is 23.3. The second-order valence-electron chi connectivity index (χ2n) is 8.82. The minimum atomic E-state index is -1.06. The Hall–Kier alpha value is -2.90. The van der Waals surface area contributed by atoms with Gasteiger partial charge in [0.25, 0.3) is 5.91 Å². The molecular weight excluding hydrogens is 440 g/mol. The summed E-state index contributed by atoms with van der Waals surface area (Å²) in [5, 5.41) is 13.4. The fraction of sp³-hybridized carbons (Fsp3) is 0.400. The lowest BCUT2D eigenvalue weighted by atomic mass is 10.0. The molecule has 8 heteroatoms. The number of fused-ring (bicyclic) bond motifs is 1. The lowest BCUT2D eigenvalue weighted by molar-refractivity contribution is 0.0698. The third-order valence-electron chi connectivity index (χ3n) is 6.34. The third kappa shape index (κ3) is 5.20. The number of carbonyl (C=O) groups excluding carboxylic acids is 1. The highest BCUT2D eigenvalue weighted by molar-refractivity contribution is 6.30. The second kappa shape index (κ2) is 9.93. The number of halogens is 1. The van der Waals surface area contributed by atoms with Gasteiger partial charge in [0.05, 0.1) is 11.1 Å². The van der Waals surface area contributed by atoms with E-state index in [1.807, 2.05) is 34.9 Å². The van der Waals surface area contributed by atoms with Crippen LogP contribution in [-0.4, -0.2) is 56.6 Å². The molecule has 0 aliphatic carbocycles. The van der Waals surface area contributed by atoms with Crippen LogP contribution in [0.5, 0.6) is 0 Å². The van der Waals surface area contributed by atoms with Gasteiger partial charge in [0.1, 0.15) is 5.52 Å². The zero-order valence-electron chi connectivity index (χ0n) is 18.9. The van der Waals surface area contributed by atoms with Crippen molar-refractivity contribution in [1.82, 2.24) is 19.8 Å². The predicted octanol–water partition coefficient (Wildman–Crippen LogP) is 4.23. The number of para-hydroxylation sites is 1. The third-order valence-corrected chi connectivity index (χ3v) is 6.60. The lowest BCUT2D eigenvalue weighted by Gasteiger charge is -2.34. The summed E-state index contributed by atoms with van der Waals surface area (Å²) < 4.78 is 1.83. The fourth-order valence-corrected chi connectivity index (χ4v) is 4.55. The number of nitrogens with zero attached hydrogens (tertiary/aromatic N) is 3. The van der Waals surface area contributed by atoms with E-state index >= 15 is 0 Å². The van der Waals surface area contributed by atoms with E-state index in [1.54, 1.807) is 6.07 Å². The number of nitrogens with one attached hydrogen (secondary N) is 1. The monoisotopic (exact) mass is 468 g/mol. The van der Waals surface area contributed by atoms with Crippen molar-refractivity contribution in [1.29, 1.82) is 0 Å². The molecule has 0 atom stereocenters. The number of carboxylic acids is 1. The van der Waals surface area contributed by atoms with Crippen LogP contribution in [0.25, 0.3) is 11.0 Å². The van der Waals surface area contributed by atoms with E-state index in [0.717, 1.165) is 31.5 Å². The molecule has 4 rings (SSSR count). The van der Waals surface area contributed by atoms with Crippen molar-refractivity contribution in [2.45, 2.75) is 51.7 Å². The van der Waals surface area contributed by atoms with E-state index in [9.17, 15) is 14.7 Å². The molecule has 0 radical (unpaired) electrons. The normalized spacial score (nSPS) is 15.3. The van der Waals surface area contributed by atoms with Gasteiger partial charge >= 0.3 is 5.97 Å². The first-order valence-corrected chi connectivity index (χ1v) is 11.7. The van der Waals surface area contributed by atoms with Crippen molar-refractivity contribution in [3.8, 4) is 0 Å². The number of hydrogen-bond donors (Lipinski definition) is 2. The van der Waals surface area contributed by atoms with E-state index in [4.69, 9.17) is 11.6 Å². The van der Waals surface area contributed by atoms with Gasteiger partial charge in [-0.1, -0.05) is 29.8 Å². The van der Waals surface area contributed by atoms with Crippen LogP contribution in [-0.2, 0) is 13.0 Å². The number of aryl methyl sites for hydroxylation is 2. The molecule has 2 heterocycles. The van der Waals surface area contributed by atoms with Gasteiger partial charge in [-0.3, -0.25) is 4.79 Å². The highest BCUT2D eigenvalue weighted by Gasteiger charge is 2.26. The smallest absolute Gasteiger partial charge is 0.337 e. The van der Waals surface area contributed by atoms with Gasteiger partial charge in [0.2, 0.25) is 0 Å². The topological polar surface area (TPSA) is 87.5 Å². The number of aromatic carboxylic acids is 1. The maximum Gasteiger partial charge on any atom is 0.337 e. The molecule has 1 aromatic heterocycles. The van der Waals surface area contributed by atoms with Gasteiger partial charge in [-0.15, -0.1) is 0 Å². The average Bonchev–Trinajstić information content (AvgIpc) is 3.17. The molecule has 0 bridgehead atoms. The molecule has 3 aromatic rings. The molecule has 1 aliphatic heterocycles. The summed E-state index contributed by atoms with van der Waals surface area (Å²) in [5.74, 6) is -1.07. The first-order valence-electron chi connectivity index (χ1n) is 11.4. The quantitative estimate of drug-likeness (QED) is 0.541. The summed E-state index contributed by atoms with van der Waals surface area (Å²) in [6.07, 6.45) is 2.43. The van der Waals surface area contributed by atoms with Gasteiger partial charge in [0, 0.05) is 36.7 Å². The van der Waals surface area contributed by atoms with Gasteiger partial charge in [0.15, 0.2) is 5.82 Å². The molecule has 33 heavy (non-hydrogen) atoms. The molecule has 174 valence electrons. The SMILES string of the molecule is CC(C)N1CCC(NC(=O)c2nc3c(C(=O)O)cccc3n2CCc2ccc(Cl)cc2)CC1. The van der Waals surface area contributed by atoms with Crippen molar-refractivity contribution in [3.05, 3.63) is 64.4 Å². The van der Waals surface area contributed by atoms with Crippen LogP contribution in [0.1, 0.15) is 53.2 Å². The fourth-order valence-electron chi connectivity index (χ4n) is 4.42. The Morgan fingerprint density at radius 2 is 1.85 bits per heavy atom. The number of benzene rings is 2. The van der Waals surface area contributed by atoms with E-state index in [0.29, 0.717) is 35.1 Å². The van der Waals surface area contributed by atoms with Gasteiger partial charge in [-0.25, -0.2) is 9.78 Å². The Labute approximate surface area is 198 Å². The Morgan fingerprint density at radius 3 is 2.48 bits per heavy atom. The average molecular weight is 469 g/mol.